The van der Waals surface area contributed by atoms with Crippen LogP contribution >= 0.6 is 15.9 Å². The number of rotatable bonds is 9. The molecule has 0 saturated heterocycles. The van der Waals surface area contributed by atoms with E-state index in [9.17, 15) is 46.7 Å². The zero-order chi connectivity index (χ0) is 44.1. The van der Waals surface area contributed by atoms with Gasteiger partial charge in [0.25, 0.3) is 43.2 Å². The molecule has 61 heavy (non-hydrogen) atoms. The number of methoxy groups -OCH3 is 2. The van der Waals surface area contributed by atoms with Crippen LogP contribution in [-0.4, -0.2) is 57.0 Å². The van der Waals surface area contributed by atoms with Gasteiger partial charge in [-0.3, -0.25) is 29.8 Å². The Balaban J connectivity index is 0.000000170. The molecule has 8 rings (SSSR count). The summed E-state index contributed by atoms with van der Waals surface area (Å²) >= 11 is 3.40. The number of nitrogens with one attached hydrogen (secondary N) is 1. The van der Waals surface area contributed by atoms with Crippen molar-refractivity contribution >= 4 is 59.2 Å². The Kier molecular flexibility index (Phi) is 13.0. The largest absolute Gasteiger partial charge is 0.496 e. The molecule has 2 aliphatic heterocycles. The van der Waals surface area contributed by atoms with E-state index in [1.165, 1.54) is 49.6 Å². The number of carbonyl (C=O) groups is 2. The fourth-order valence-electron chi connectivity index (χ4n) is 6.39. The molecular formula is C42H33BrN4O12S2. The first-order chi connectivity index (χ1) is 29.1. The van der Waals surface area contributed by atoms with Crippen LogP contribution in [0.4, 0.5) is 11.4 Å². The average Bonchev–Trinajstić information content (AvgIpc) is 3.62. The Labute approximate surface area is 357 Å². The second-order valence-electron chi connectivity index (χ2n) is 13.1. The van der Waals surface area contributed by atoms with Crippen molar-refractivity contribution in [3.05, 3.63) is 176 Å². The predicted octanol–water partition coefficient (Wildman–Crippen LogP) is 7.90. The molecule has 19 heteroatoms. The van der Waals surface area contributed by atoms with Gasteiger partial charge in [0.2, 0.25) is 0 Å². The minimum atomic E-state index is -3.94. The molecule has 6 aromatic carbocycles. The first kappa shape index (κ1) is 43.6. The van der Waals surface area contributed by atoms with Crippen LogP contribution in [0.3, 0.4) is 0 Å². The number of amides is 2. The molecule has 16 nitrogen and oxygen atoms in total. The molecule has 312 valence electrons. The molecule has 0 aliphatic carbocycles. The van der Waals surface area contributed by atoms with Gasteiger partial charge in [-0.1, -0.05) is 76.6 Å². The van der Waals surface area contributed by atoms with Crippen molar-refractivity contribution in [2.24, 2.45) is 0 Å². The Bertz CT molecular complexity index is 2940. The molecule has 0 saturated carbocycles. The standard InChI is InChI=1S/C21H16N2O6S.C14H12BrNO3.C7H5NO3S/c1-29-19-10-9-14(11-18(19)15-5-4-6-16(12-15)23(25)26)13-22-21(24)17-7-2-3-8-20(17)30(22,27)28;1-19-14-6-5-10(9-15)7-13(14)11-3-2-4-12(8-11)16(17)18;9-7-5-3-1-2-4-6(5)12(10,11)8-7/h2-12H,13H2,1H3;2-8H,9H2,1H3;1-4H,(H,8,9). The van der Waals surface area contributed by atoms with Gasteiger partial charge in [-0.15, -0.1) is 0 Å². The maximum atomic E-state index is 12.8. The summed E-state index contributed by atoms with van der Waals surface area (Å²) in [5, 5.41) is 22.7. The summed E-state index contributed by atoms with van der Waals surface area (Å²) in [6.45, 7) is -0.165. The highest BCUT2D eigenvalue weighted by molar-refractivity contribution is 9.08. The highest BCUT2D eigenvalue weighted by Crippen LogP contribution is 2.36. The summed E-state index contributed by atoms with van der Waals surface area (Å²) < 4.78 is 61.3. The average molecular weight is 930 g/mol. The number of halogens is 1. The van der Waals surface area contributed by atoms with Crippen LogP contribution in [0.15, 0.2) is 143 Å². The topological polar surface area (TPSA) is 222 Å². The number of nitro benzene ring substituents is 2. The van der Waals surface area contributed by atoms with Gasteiger partial charge in [-0.25, -0.2) is 25.9 Å². The number of sulfonamides is 2. The van der Waals surface area contributed by atoms with Crippen molar-refractivity contribution in [3.8, 4) is 33.8 Å². The minimum absolute atomic E-state index is 0.0116. The molecule has 0 bridgehead atoms. The van der Waals surface area contributed by atoms with Crippen LogP contribution in [0.2, 0.25) is 0 Å². The summed E-state index contributed by atoms with van der Waals surface area (Å²) in [5.41, 5.74) is 4.71. The Morgan fingerprint density at radius 3 is 1.59 bits per heavy atom. The number of carbonyl (C=O) groups excluding carboxylic acids is 2. The van der Waals surface area contributed by atoms with E-state index in [4.69, 9.17) is 9.47 Å². The third kappa shape index (κ3) is 9.28. The van der Waals surface area contributed by atoms with Crippen molar-refractivity contribution in [2.75, 3.05) is 14.2 Å². The van der Waals surface area contributed by atoms with Crippen LogP contribution in [-0.2, 0) is 31.9 Å². The number of non-ortho nitro benzene ring substituents is 2. The fourth-order valence-corrected chi connectivity index (χ4v) is 9.47. The number of benzene rings is 6. The smallest absolute Gasteiger partial charge is 0.270 e. The maximum absolute atomic E-state index is 12.8. The van der Waals surface area contributed by atoms with Gasteiger partial charge in [0.15, 0.2) is 0 Å². The molecule has 2 amide bonds. The Hall–Kier alpha value is -6.96. The van der Waals surface area contributed by atoms with Crippen LogP contribution in [0, 0.1) is 20.2 Å². The number of alkyl halides is 1. The second kappa shape index (κ2) is 18.1. The number of nitro groups is 2. The molecule has 0 spiro atoms. The van der Waals surface area contributed by atoms with Crippen molar-refractivity contribution in [2.45, 2.75) is 21.7 Å². The van der Waals surface area contributed by atoms with Crippen LogP contribution in [0.25, 0.3) is 22.3 Å². The predicted molar refractivity (Wildman–Crippen MR) is 227 cm³/mol. The second-order valence-corrected chi connectivity index (χ2v) is 17.1. The highest BCUT2D eigenvalue weighted by Gasteiger charge is 2.40. The summed E-state index contributed by atoms with van der Waals surface area (Å²) in [4.78, 5) is 44.8. The highest BCUT2D eigenvalue weighted by atomic mass is 79.9. The van der Waals surface area contributed by atoms with Gasteiger partial charge < -0.3 is 9.47 Å². The SMILES string of the molecule is COc1ccc(CBr)cc1-c1cccc([N+](=O)[O-])c1.COc1ccc(CN2C(=O)c3ccccc3S2(=O)=O)cc1-c1cccc([N+](=O)[O-])c1.O=C1NS(=O)(=O)c2ccccc21. The summed E-state index contributed by atoms with van der Waals surface area (Å²) in [6, 6.07) is 35.5. The van der Waals surface area contributed by atoms with Crippen LogP contribution in [0.1, 0.15) is 31.8 Å². The molecule has 0 fully saturated rings. The summed E-state index contributed by atoms with van der Waals surface area (Å²) in [5.74, 6) is 0.0345. The van der Waals surface area contributed by atoms with E-state index in [1.54, 1.807) is 73.8 Å². The van der Waals surface area contributed by atoms with Crippen LogP contribution < -0.4 is 14.2 Å². The van der Waals surface area contributed by atoms with Gasteiger partial charge >= 0.3 is 0 Å². The van der Waals surface area contributed by atoms with Gasteiger partial charge in [0.1, 0.15) is 21.3 Å². The van der Waals surface area contributed by atoms with E-state index in [2.05, 4.69) is 15.9 Å². The number of hydrogen-bond acceptors (Lipinski definition) is 12. The zero-order valence-electron chi connectivity index (χ0n) is 32.1. The quantitative estimate of drug-likeness (QED) is 0.0830. The Morgan fingerprint density at radius 2 is 1.10 bits per heavy atom. The number of hydrogen-bond donors (Lipinski definition) is 1. The number of fused-ring (bicyclic) bond motifs is 2. The van der Waals surface area contributed by atoms with E-state index in [1.807, 2.05) is 29.0 Å². The summed E-state index contributed by atoms with van der Waals surface area (Å²) in [6.07, 6.45) is 0. The third-order valence-corrected chi connectivity index (χ3v) is 13.1. The molecule has 2 heterocycles. The van der Waals surface area contributed by atoms with Gasteiger partial charge in [-0.2, -0.15) is 0 Å². The molecular weight excluding hydrogens is 897 g/mol. The van der Waals surface area contributed by atoms with E-state index < -0.39 is 41.7 Å². The van der Waals surface area contributed by atoms with Gasteiger partial charge in [0.05, 0.1) is 41.7 Å². The third-order valence-electron chi connectivity index (χ3n) is 9.30. The van der Waals surface area contributed by atoms with E-state index in [0.29, 0.717) is 28.2 Å². The monoisotopic (exact) mass is 928 g/mol. The zero-order valence-corrected chi connectivity index (χ0v) is 35.3. The molecule has 1 N–H and O–H groups in total. The van der Waals surface area contributed by atoms with Crippen molar-refractivity contribution < 1.29 is 45.7 Å². The van der Waals surface area contributed by atoms with Crippen LogP contribution in [0.5, 0.6) is 11.5 Å². The lowest BCUT2D eigenvalue weighted by atomic mass is 10.0. The van der Waals surface area contributed by atoms with Crippen molar-refractivity contribution in [1.82, 2.24) is 9.03 Å². The lowest BCUT2D eigenvalue weighted by molar-refractivity contribution is -0.385. The molecule has 6 aromatic rings. The molecule has 0 unspecified atom stereocenters. The maximum Gasteiger partial charge on any atom is 0.270 e. The lowest BCUT2D eigenvalue weighted by Gasteiger charge is -2.17. The first-order valence-corrected chi connectivity index (χ1v) is 21.9. The molecule has 0 radical (unpaired) electrons. The summed E-state index contributed by atoms with van der Waals surface area (Å²) in [7, 11) is -4.44. The van der Waals surface area contributed by atoms with E-state index >= 15 is 0 Å². The van der Waals surface area contributed by atoms with Crippen molar-refractivity contribution in [1.29, 1.82) is 0 Å². The number of nitrogens with zero attached hydrogens (tertiary/aromatic N) is 3. The molecule has 2 aliphatic rings. The lowest BCUT2D eigenvalue weighted by Crippen LogP contribution is -2.29. The minimum Gasteiger partial charge on any atom is -0.496 e. The number of ether oxygens (including phenoxy) is 2. The van der Waals surface area contributed by atoms with Crippen molar-refractivity contribution in [3.63, 3.8) is 0 Å². The van der Waals surface area contributed by atoms with E-state index in [-0.39, 0.29) is 38.8 Å². The first-order valence-electron chi connectivity index (χ1n) is 17.8. The fraction of sp³-hybridized carbons (Fsp3) is 0.0952. The van der Waals surface area contributed by atoms with Gasteiger partial charge in [0, 0.05) is 40.7 Å². The Morgan fingerprint density at radius 1 is 0.607 bits per heavy atom. The normalized spacial score (nSPS) is 13.9. The van der Waals surface area contributed by atoms with E-state index in [0.717, 1.165) is 26.3 Å². The molecule has 0 aromatic heterocycles. The van der Waals surface area contributed by atoms with Gasteiger partial charge in [-0.05, 0) is 70.8 Å². The molecule has 0 atom stereocenters.